The van der Waals surface area contributed by atoms with Gasteiger partial charge in [0, 0.05) is 23.5 Å². The summed E-state index contributed by atoms with van der Waals surface area (Å²) in [6, 6.07) is 10.3. The lowest BCUT2D eigenvalue weighted by Gasteiger charge is -2.09. The molecule has 0 aliphatic rings. The van der Waals surface area contributed by atoms with Crippen LogP contribution in [0.25, 0.3) is 0 Å². The number of nitrogens with one attached hydrogen (secondary N) is 3. The zero-order valence-corrected chi connectivity index (χ0v) is 13.2. The van der Waals surface area contributed by atoms with Crippen molar-refractivity contribution in [2.75, 3.05) is 17.2 Å². The highest BCUT2D eigenvalue weighted by molar-refractivity contribution is 6.05. The van der Waals surface area contributed by atoms with E-state index in [1.165, 1.54) is 12.1 Å². The number of rotatable bonds is 5. The normalized spacial score (nSPS) is 9.92. The Morgan fingerprint density at radius 1 is 1.08 bits per heavy atom. The largest absolute Gasteiger partial charge is 0.334 e. The van der Waals surface area contributed by atoms with E-state index in [4.69, 9.17) is 0 Å². The van der Waals surface area contributed by atoms with E-state index in [1.54, 1.807) is 43.3 Å². The minimum Gasteiger partial charge on any atom is -0.334 e. The average molecular weight is 327 g/mol. The fraction of sp³-hybridized carbons (Fsp3) is 0.111. The van der Waals surface area contributed by atoms with Crippen LogP contribution in [0.1, 0.15) is 15.9 Å². The number of benzene rings is 2. The van der Waals surface area contributed by atoms with E-state index in [9.17, 15) is 14.0 Å². The van der Waals surface area contributed by atoms with Crippen molar-refractivity contribution in [1.82, 2.24) is 5.32 Å². The van der Waals surface area contributed by atoms with Crippen molar-refractivity contribution in [1.29, 1.82) is 0 Å². The standard InChI is InChI=1S/C18H18FN3O2/c1-3-10-20-18(24)22-15-8-6-14(7-9-15)21-17(23)16-11-13(19)5-4-12(16)2/h3-9,11H,1,10H2,2H3,(H,21,23)(H2,20,22,24). The molecular weight excluding hydrogens is 309 g/mol. The second-order valence-electron chi connectivity index (χ2n) is 5.11. The zero-order chi connectivity index (χ0) is 17.5. The Bertz CT molecular complexity index is 757. The van der Waals surface area contributed by atoms with Crippen molar-refractivity contribution in [3.8, 4) is 0 Å². The van der Waals surface area contributed by atoms with Crippen molar-refractivity contribution in [2.45, 2.75) is 6.92 Å². The summed E-state index contributed by atoms with van der Waals surface area (Å²) in [6.45, 7) is 5.62. The smallest absolute Gasteiger partial charge is 0.319 e. The Morgan fingerprint density at radius 2 is 1.71 bits per heavy atom. The van der Waals surface area contributed by atoms with E-state index in [0.29, 0.717) is 23.5 Å². The molecule has 0 aliphatic carbocycles. The Kier molecular flexibility index (Phi) is 5.68. The Hall–Kier alpha value is -3.15. The van der Waals surface area contributed by atoms with Gasteiger partial charge in [0.1, 0.15) is 5.82 Å². The number of carbonyl (C=O) groups excluding carboxylic acids is 2. The van der Waals surface area contributed by atoms with Crippen molar-refractivity contribution in [3.63, 3.8) is 0 Å². The number of halogens is 1. The van der Waals surface area contributed by atoms with E-state index >= 15 is 0 Å². The van der Waals surface area contributed by atoms with Crippen LogP contribution < -0.4 is 16.0 Å². The van der Waals surface area contributed by atoms with Crippen molar-refractivity contribution >= 4 is 23.3 Å². The molecule has 0 radical (unpaired) electrons. The molecule has 2 rings (SSSR count). The van der Waals surface area contributed by atoms with Crippen molar-refractivity contribution < 1.29 is 14.0 Å². The van der Waals surface area contributed by atoms with Gasteiger partial charge in [-0.05, 0) is 48.9 Å². The summed E-state index contributed by atoms with van der Waals surface area (Å²) in [4.78, 5) is 23.7. The molecule has 0 fully saturated rings. The predicted octanol–water partition coefficient (Wildman–Crippen LogP) is 3.69. The van der Waals surface area contributed by atoms with Crippen LogP contribution in [-0.4, -0.2) is 18.5 Å². The fourth-order valence-corrected chi connectivity index (χ4v) is 2.01. The number of anilines is 2. The van der Waals surface area contributed by atoms with Crippen molar-refractivity contribution in [3.05, 3.63) is 72.1 Å². The summed E-state index contributed by atoms with van der Waals surface area (Å²) in [5.41, 5.74) is 2.09. The summed E-state index contributed by atoms with van der Waals surface area (Å²) in [5, 5.41) is 7.93. The minimum absolute atomic E-state index is 0.279. The van der Waals surface area contributed by atoms with Crippen LogP contribution in [0.2, 0.25) is 0 Å². The van der Waals surface area contributed by atoms with Gasteiger partial charge in [-0.2, -0.15) is 0 Å². The molecular formula is C18H18FN3O2. The zero-order valence-electron chi connectivity index (χ0n) is 13.2. The first-order valence-corrected chi connectivity index (χ1v) is 7.33. The van der Waals surface area contributed by atoms with E-state index in [0.717, 1.165) is 0 Å². The van der Waals surface area contributed by atoms with Gasteiger partial charge in [0.2, 0.25) is 0 Å². The Labute approximate surface area is 139 Å². The third kappa shape index (κ3) is 4.67. The minimum atomic E-state index is -0.462. The SMILES string of the molecule is C=CCNC(=O)Nc1ccc(NC(=O)c2cc(F)ccc2C)cc1. The molecule has 0 aromatic heterocycles. The van der Waals surface area contributed by atoms with E-state index in [-0.39, 0.29) is 11.6 Å². The monoisotopic (exact) mass is 327 g/mol. The molecule has 0 unspecified atom stereocenters. The van der Waals surface area contributed by atoms with E-state index < -0.39 is 11.7 Å². The maximum atomic E-state index is 13.3. The summed E-state index contributed by atoms with van der Waals surface area (Å²) in [5.74, 6) is -0.854. The molecule has 0 aliphatic heterocycles. The number of aryl methyl sites for hydroxylation is 1. The number of urea groups is 1. The highest BCUT2D eigenvalue weighted by Crippen LogP contribution is 2.16. The first-order chi connectivity index (χ1) is 11.5. The van der Waals surface area contributed by atoms with Crippen LogP contribution in [0.15, 0.2) is 55.1 Å². The van der Waals surface area contributed by atoms with Crippen LogP contribution in [-0.2, 0) is 0 Å². The van der Waals surface area contributed by atoms with Gasteiger partial charge in [-0.1, -0.05) is 12.1 Å². The molecule has 0 heterocycles. The van der Waals surface area contributed by atoms with Gasteiger partial charge in [-0.3, -0.25) is 4.79 Å². The Morgan fingerprint density at radius 3 is 2.33 bits per heavy atom. The molecule has 0 saturated heterocycles. The van der Waals surface area contributed by atoms with Crippen LogP contribution in [0.3, 0.4) is 0 Å². The maximum absolute atomic E-state index is 13.3. The third-order valence-corrected chi connectivity index (χ3v) is 3.25. The van der Waals surface area contributed by atoms with E-state index in [1.807, 2.05) is 0 Å². The maximum Gasteiger partial charge on any atom is 0.319 e. The molecule has 3 amide bonds. The molecule has 5 nitrogen and oxygen atoms in total. The van der Waals surface area contributed by atoms with Crippen molar-refractivity contribution in [2.24, 2.45) is 0 Å². The lowest BCUT2D eigenvalue weighted by molar-refractivity contribution is 0.102. The summed E-state index contributed by atoms with van der Waals surface area (Å²) in [6.07, 6.45) is 1.58. The molecule has 0 atom stereocenters. The number of hydrogen-bond donors (Lipinski definition) is 3. The lowest BCUT2D eigenvalue weighted by Crippen LogP contribution is -2.28. The molecule has 0 saturated carbocycles. The molecule has 0 bridgehead atoms. The molecule has 0 spiro atoms. The second-order valence-corrected chi connectivity index (χ2v) is 5.11. The topological polar surface area (TPSA) is 70.2 Å². The van der Waals surface area contributed by atoms with Gasteiger partial charge in [0.25, 0.3) is 5.91 Å². The van der Waals surface area contributed by atoms with Crippen LogP contribution >= 0.6 is 0 Å². The Balaban J connectivity index is 2.01. The summed E-state index contributed by atoms with van der Waals surface area (Å²) in [7, 11) is 0. The van der Waals surface area contributed by atoms with Crippen LogP contribution in [0.4, 0.5) is 20.6 Å². The highest BCUT2D eigenvalue weighted by atomic mass is 19.1. The molecule has 24 heavy (non-hydrogen) atoms. The van der Waals surface area contributed by atoms with Gasteiger partial charge >= 0.3 is 6.03 Å². The van der Waals surface area contributed by atoms with Crippen LogP contribution in [0, 0.1) is 12.7 Å². The van der Waals surface area contributed by atoms with Gasteiger partial charge in [0.05, 0.1) is 0 Å². The van der Waals surface area contributed by atoms with Gasteiger partial charge < -0.3 is 16.0 Å². The van der Waals surface area contributed by atoms with Gasteiger partial charge in [0.15, 0.2) is 0 Å². The molecule has 3 N–H and O–H groups in total. The van der Waals surface area contributed by atoms with E-state index in [2.05, 4.69) is 22.5 Å². The third-order valence-electron chi connectivity index (χ3n) is 3.25. The molecule has 124 valence electrons. The molecule has 6 heteroatoms. The first kappa shape index (κ1) is 17.2. The highest BCUT2D eigenvalue weighted by Gasteiger charge is 2.10. The molecule has 2 aromatic rings. The lowest BCUT2D eigenvalue weighted by atomic mass is 10.1. The second kappa shape index (κ2) is 7.92. The average Bonchev–Trinajstić information content (AvgIpc) is 2.57. The number of carbonyl (C=O) groups is 2. The number of amides is 3. The van der Waals surface area contributed by atoms with Gasteiger partial charge in [-0.25, -0.2) is 9.18 Å². The fourth-order valence-electron chi connectivity index (χ4n) is 2.01. The van der Waals surface area contributed by atoms with Gasteiger partial charge in [-0.15, -0.1) is 6.58 Å². The molecule has 2 aromatic carbocycles. The van der Waals surface area contributed by atoms with Crippen LogP contribution in [0.5, 0.6) is 0 Å². The predicted molar refractivity (Wildman–Crippen MR) is 92.8 cm³/mol. The summed E-state index contributed by atoms with van der Waals surface area (Å²) < 4.78 is 13.3. The summed E-state index contributed by atoms with van der Waals surface area (Å²) >= 11 is 0. The number of hydrogen-bond acceptors (Lipinski definition) is 2. The first-order valence-electron chi connectivity index (χ1n) is 7.33. The quantitative estimate of drug-likeness (QED) is 0.733.